The molecule has 1 saturated heterocycles. The largest absolute Gasteiger partial charge is 0.493 e. The van der Waals surface area contributed by atoms with Crippen molar-refractivity contribution in [2.45, 2.75) is 32.4 Å². The number of esters is 1. The molecule has 2 aromatic rings. The molecular formula is C19H24N2O6S2. The highest BCUT2D eigenvalue weighted by molar-refractivity contribution is 7.88. The Morgan fingerprint density at radius 1 is 1.34 bits per heavy atom. The molecule has 1 aromatic carbocycles. The summed E-state index contributed by atoms with van der Waals surface area (Å²) in [6, 6.07) is 4.82. The van der Waals surface area contributed by atoms with E-state index in [0.717, 1.165) is 16.8 Å². The summed E-state index contributed by atoms with van der Waals surface area (Å²) in [6.07, 6.45) is 2.23. The van der Waals surface area contributed by atoms with Gasteiger partial charge in [0.1, 0.15) is 17.7 Å². The second kappa shape index (κ2) is 9.10. The van der Waals surface area contributed by atoms with Gasteiger partial charge in [0.05, 0.1) is 25.7 Å². The normalized spacial score (nSPS) is 17.3. The summed E-state index contributed by atoms with van der Waals surface area (Å²) in [5.74, 6) is 0.747. The van der Waals surface area contributed by atoms with Gasteiger partial charge in [0.15, 0.2) is 11.5 Å². The number of carbonyl (C=O) groups is 1. The van der Waals surface area contributed by atoms with Crippen LogP contribution in [0.1, 0.15) is 25.5 Å². The highest BCUT2D eigenvalue weighted by Gasteiger charge is 2.37. The fourth-order valence-electron chi connectivity index (χ4n) is 3.20. The number of rotatable bonds is 8. The molecule has 1 aliphatic rings. The van der Waals surface area contributed by atoms with Crippen molar-refractivity contribution in [2.75, 3.05) is 26.5 Å². The number of aromatic nitrogens is 1. The van der Waals surface area contributed by atoms with Gasteiger partial charge in [-0.05, 0) is 38.0 Å². The van der Waals surface area contributed by atoms with Crippen molar-refractivity contribution < 1.29 is 27.4 Å². The lowest BCUT2D eigenvalue weighted by molar-refractivity contribution is -0.148. The van der Waals surface area contributed by atoms with Gasteiger partial charge in [-0.15, -0.1) is 11.3 Å². The van der Waals surface area contributed by atoms with Crippen LogP contribution in [0.25, 0.3) is 10.6 Å². The van der Waals surface area contributed by atoms with E-state index in [4.69, 9.17) is 14.2 Å². The number of sulfonamides is 1. The molecule has 1 fully saturated rings. The topological polar surface area (TPSA) is 95.0 Å². The molecule has 8 nitrogen and oxygen atoms in total. The molecule has 1 atom stereocenters. The van der Waals surface area contributed by atoms with Crippen molar-refractivity contribution in [3.05, 3.63) is 29.3 Å². The van der Waals surface area contributed by atoms with Gasteiger partial charge in [0, 0.05) is 17.5 Å². The summed E-state index contributed by atoms with van der Waals surface area (Å²) >= 11 is 1.42. The summed E-state index contributed by atoms with van der Waals surface area (Å²) in [6.45, 7) is 2.79. The molecule has 29 heavy (non-hydrogen) atoms. The molecule has 0 N–H and O–H groups in total. The van der Waals surface area contributed by atoms with E-state index in [2.05, 4.69) is 4.98 Å². The zero-order valence-electron chi connectivity index (χ0n) is 16.6. The molecule has 0 saturated carbocycles. The van der Waals surface area contributed by atoms with Crippen LogP contribution in [0.3, 0.4) is 0 Å². The quantitative estimate of drug-likeness (QED) is 0.583. The average Bonchev–Trinajstić information content (AvgIpc) is 3.36. The number of carbonyl (C=O) groups excluding carboxylic acids is 1. The van der Waals surface area contributed by atoms with Crippen molar-refractivity contribution in [1.29, 1.82) is 0 Å². The molecule has 0 bridgehead atoms. The van der Waals surface area contributed by atoms with Crippen molar-refractivity contribution in [1.82, 2.24) is 9.29 Å². The minimum atomic E-state index is -3.43. The van der Waals surface area contributed by atoms with Crippen LogP contribution in [0.4, 0.5) is 0 Å². The number of thiazole rings is 1. The number of hydrogen-bond acceptors (Lipinski definition) is 8. The Morgan fingerprint density at radius 2 is 2.14 bits per heavy atom. The van der Waals surface area contributed by atoms with Crippen LogP contribution in [-0.4, -0.2) is 56.2 Å². The first-order chi connectivity index (χ1) is 13.8. The zero-order valence-corrected chi connectivity index (χ0v) is 18.2. The summed E-state index contributed by atoms with van der Waals surface area (Å²) in [4.78, 5) is 16.9. The Hall–Kier alpha value is -2.17. The second-order valence-electron chi connectivity index (χ2n) is 6.58. The first kappa shape index (κ1) is 21.5. The van der Waals surface area contributed by atoms with Gasteiger partial charge < -0.3 is 14.2 Å². The van der Waals surface area contributed by atoms with Crippen LogP contribution in [-0.2, 0) is 26.2 Å². The van der Waals surface area contributed by atoms with Crippen molar-refractivity contribution in [2.24, 2.45) is 0 Å². The number of methoxy groups -OCH3 is 1. The van der Waals surface area contributed by atoms with Crippen LogP contribution in [0, 0.1) is 0 Å². The minimum absolute atomic E-state index is 0.00238. The maximum Gasteiger partial charge on any atom is 0.324 e. The third-order valence-corrected chi connectivity index (χ3v) is 6.76. The maximum atomic E-state index is 12.4. The third kappa shape index (κ3) is 5.06. The smallest absolute Gasteiger partial charge is 0.324 e. The first-order valence-electron chi connectivity index (χ1n) is 9.22. The lowest BCUT2D eigenvalue weighted by Crippen LogP contribution is -2.40. The molecular weight excluding hydrogens is 416 g/mol. The molecule has 1 aromatic heterocycles. The summed E-state index contributed by atoms with van der Waals surface area (Å²) in [5, 5.41) is 2.57. The predicted molar refractivity (Wildman–Crippen MR) is 110 cm³/mol. The Kier molecular flexibility index (Phi) is 6.76. The van der Waals surface area contributed by atoms with E-state index in [-0.39, 0.29) is 6.61 Å². The van der Waals surface area contributed by atoms with Gasteiger partial charge in [-0.1, -0.05) is 0 Å². The standard InChI is InChI=1S/C19H24N2O6S2/c1-4-26-16-8-7-13(10-17(16)25-2)18-20-14(12-28-18)11-27-19(22)15-6-5-9-21(15)29(3,23)24/h7-8,10,12,15H,4-6,9,11H2,1-3H3/t15-/m0/s1. The molecule has 3 rings (SSSR count). The average molecular weight is 441 g/mol. The molecule has 0 aliphatic carbocycles. The van der Waals surface area contributed by atoms with Crippen LogP contribution >= 0.6 is 11.3 Å². The molecule has 0 spiro atoms. The van der Waals surface area contributed by atoms with Crippen LogP contribution in [0.5, 0.6) is 11.5 Å². The van der Waals surface area contributed by atoms with E-state index >= 15 is 0 Å². The van der Waals surface area contributed by atoms with Crippen molar-refractivity contribution in [3.8, 4) is 22.1 Å². The summed E-state index contributed by atoms with van der Waals surface area (Å²) in [7, 11) is -1.85. The zero-order chi connectivity index (χ0) is 21.0. The predicted octanol–water partition coefficient (Wildman–Crippen LogP) is 2.68. The molecule has 2 heterocycles. The number of ether oxygens (including phenoxy) is 3. The monoisotopic (exact) mass is 440 g/mol. The molecule has 1 aliphatic heterocycles. The maximum absolute atomic E-state index is 12.4. The number of hydrogen-bond donors (Lipinski definition) is 0. The molecule has 10 heteroatoms. The van der Waals surface area contributed by atoms with Crippen molar-refractivity contribution in [3.63, 3.8) is 0 Å². The fourth-order valence-corrected chi connectivity index (χ4v) is 5.11. The highest BCUT2D eigenvalue weighted by atomic mass is 32.2. The Labute approximate surface area is 174 Å². The van der Waals surface area contributed by atoms with E-state index < -0.39 is 22.0 Å². The van der Waals surface area contributed by atoms with Gasteiger partial charge >= 0.3 is 5.97 Å². The lowest BCUT2D eigenvalue weighted by Gasteiger charge is -2.20. The van der Waals surface area contributed by atoms with E-state index in [1.807, 2.05) is 30.5 Å². The Balaban J connectivity index is 1.66. The lowest BCUT2D eigenvalue weighted by atomic mass is 10.2. The molecule has 0 amide bonds. The molecule has 158 valence electrons. The third-order valence-electron chi connectivity index (χ3n) is 4.53. The van der Waals surface area contributed by atoms with Crippen LogP contribution in [0.2, 0.25) is 0 Å². The van der Waals surface area contributed by atoms with E-state index in [0.29, 0.717) is 43.2 Å². The number of benzene rings is 1. The van der Waals surface area contributed by atoms with E-state index in [1.54, 1.807) is 7.11 Å². The van der Waals surface area contributed by atoms with Gasteiger partial charge in [-0.3, -0.25) is 4.79 Å². The van der Waals surface area contributed by atoms with Gasteiger partial charge in [-0.2, -0.15) is 4.31 Å². The molecule has 0 unspecified atom stereocenters. The van der Waals surface area contributed by atoms with Gasteiger partial charge in [-0.25, -0.2) is 13.4 Å². The summed E-state index contributed by atoms with van der Waals surface area (Å²) in [5.41, 5.74) is 1.47. The number of nitrogens with zero attached hydrogens (tertiary/aromatic N) is 2. The summed E-state index contributed by atoms with van der Waals surface area (Å²) < 4.78 is 41.0. The Morgan fingerprint density at radius 3 is 2.83 bits per heavy atom. The van der Waals surface area contributed by atoms with Crippen molar-refractivity contribution >= 4 is 27.3 Å². The first-order valence-corrected chi connectivity index (χ1v) is 11.9. The minimum Gasteiger partial charge on any atom is -0.493 e. The van der Waals surface area contributed by atoms with Gasteiger partial charge in [0.2, 0.25) is 10.0 Å². The van der Waals surface area contributed by atoms with Crippen LogP contribution in [0.15, 0.2) is 23.6 Å². The van der Waals surface area contributed by atoms with E-state index in [1.165, 1.54) is 15.6 Å². The SMILES string of the molecule is CCOc1ccc(-c2nc(COC(=O)[C@@H]3CCCN3S(C)(=O)=O)cs2)cc1OC. The Bertz CT molecular complexity index is 973. The van der Waals surface area contributed by atoms with Crippen LogP contribution < -0.4 is 9.47 Å². The second-order valence-corrected chi connectivity index (χ2v) is 9.38. The van der Waals surface area contributed by atoms with Gasteiger partial charge in [0.25, 0.3) is 0 Å². The highest BCUT2D eigenvalue weighted by Crippen LogP contribution is 2.34. The molecule has 0 radical (unpaired) electrons. The fraction of sp³-hybridized carbons (Fsp3) is 0.474. The van der Waals surface area contributed by atoms with E-state index in [9.17, 15) is 13.2 Å².